The molecule has 0 bridgehead atoms. The van der Waals surface area contributed by atoms with Gasteiger partial charge in [0.1, 0.15) is 6.61 Å². The summed E-state index contributed by atoms with van der Waals surface area (Å²) in [5.41, 5.74) is -0.756. The predicted molar refractivity (Wildman–Crippen MR) is 171 cm³/mol. The number of nitrogens with zero attached hydrogens (tertiary/aromatic N) is 1. The molecule has 3 aromatic carbocycles. The number of amides is 1. The van der Waals surface area contributed by atoms with Crippen LogP contribution in [0.3, 0.4) is 0 Å². The monoisotopic (exact) mass is 641 g/mol. The Hall–Kier alpha value is -3.56. The molecule has 3 rings (SSSR count). The predicted octanol–water partition coefficient (Wildman–Crippen LogP) is 7.05. The maximum Gasteiger partial charge on any atom is 0.339 e. The van der Waals surface area contributed by atoms with Crippen molar-refractivity contribution >= 4 is 36.7 Å². The Labute approximate surface area is 265 Å². The zero-order valence-corrected chi connectivity index (χ0v) is 27.8. The molecule has 0 N–H and O–H groups in total. The van der Waals surface area contributed by atoms with Crippen molar-refractivity contribution in [3.05, 3.63) is 83.9 Å². The van der Waals surface area contributed by atoms with Crippen molar-refractivity contribution in [1.29, 1.82) is 0 Å². The highest BCUT2D eigenvalue weighted by Gasteiger charge is 2.39. The second-order valence-corrected chi connectivity index (χ2v) is 15.0. The van der Waals surface area contributed by atoms with Gasteiger partial charge in [-0.2, -0.15) is 0 Å². The molecule has 0 saturated carbocycles. The third-order valence-corrected chi connectivity index (χ3v) is 9.16. The minimum atomic E-state index is -4.19. The van der Waals surface area contributed by atoms with Crippen LogP contribution in [0.25, 0.3) is 10.8 Å². The van der Waals surface area contributed by atoms with E-state index in [4.69, 9.17) is 23.4 Å². The van der Waals surface area contributed by atoms with Gasteiger partial charge in [0.2, 0.25) is 20.0 Å². The molecule has 0 saturated heterocycles. The number of benzene rings is 3. The number of hydroxylamine groups is 2. The van der Waals surface area contributed by atoms with E-state index in [2.05, 4.69) is 0 Å². The molecule has 10 nitrogen and oxygen atoms in total. The first-order valence-electron chi connectivity index (χ1n) is 14.8. The van der Waals surface area contributed by atoms with Gasteiger partial charge in [-0.1, -0.05) is 72.8 Å². The summed E-state index contributed by atoms with van der Waals surface area (Å²) in [6.07, 6.45) is 0.889. The standard InChI is InChI=1S/C34H44NO9P/c1-33(2,3)31(37)40-24-43-45(39,44-25-41-32(38)34(4,5)6)29(21-28-17-12-16-27-15-10-11-18-30(27)28)19-20-35(23-36)42-22-26-13-8-7-9-14-26/h7-18,23,29H,19-22,24-25H2,1-6H3. The van der Waals surface area contributed by atoms with E-state index in [1.165, 1.54) is 0 Å². The van der Waals surface area contributed by atoms with E-state index in [1.807, 2.05) is 72.8 Å². The fourth-order valence-corrected chi connectivity index (χ4v) is 5.99. The van der Waals surface area contributed by atoms with Crippen molar-refractivity contribution in [2.75, 3.05) is 20.1 Å². The first-order chi connectivity index (χ1) is 21.2. The number of rotatable bonds is 16. The number of carbonyl (C=O) groups is 3. The molecule has 244 valence electrons. The van der Waals surface area contributed by atoms with E-state index in [-0.39, 0.29) is 26.0 Å². The van der Waals surface area contributed by atoms with Crippen molar-refractivity contribution in [3.63, 3.8) is 0 Å². The van der Waals surface area contributed by atoms with Crippen molar-refractivity contribution in [2.45, 2.75) is 66.6 Å². The second kappa shape index (κ2) is 16.1. The minimum absolute atomic E-state index is 0.0477. The zero-order valence-electron chi connectivity index (χ0n) is 26.9. The lowest BCUT2D eigenvalue weighted by molar-refractivity contribution is -0.177. The fraction of sp³-hybridized carbons (Fsp3) is 0.441. The van der Waals surface area contributed by atoms with E-state index in [0.717, 1.165) is 27.0 Å². The van der Waals surface area contributed by atoms with Gasteiger partial charge >= 0.3 is 19.5 Å². The van der Waals surface area contributed by atoms with Gasteiger partial charge in [-0.3, -0.25) is 32.8 Å². The molecular formula is C34H44NO9P. The normalized spacial score (nSPS) is 12.8. The highest BCUT2D eigenvalue weighted by molar-refractivity contribution is 7.54. The minimum Gasteiger partial charge on any atom is -0.438 e. The van der Waals surface area contributed by atoms with Crippen LogP contribution in [0.4, 0.5) is 0 Å². The van der Waals surface area contributed by atoms with Crippen LogP contribution in [-0.4, -0.2) is 49.2 Å². The second-order valence-electron chi connectivity index (χ2n) is 12.7. The lowest BCUT2D eigenvalue weighted by Crippen LogP contribution is -2.29. The summed E-state index contributed by atoms with van der Waals surface area (Å²) in [6.45, 7) is 9.02. The molecule has 0 aliphatic rings. The Bertz CT molecular complexity index is 1420. The van der Waals surface area contributed by atoms with E-state index in [1.54, 1.807) is 41.5 Å². The Morgan fingerprint density at radius 1 is 0.800 bits per heavy atom. The largest absolute Gasteiger partial charge is 0.438 e. The van der Waals surface area contributed by atoms with Gasteiger partial charge in [-0.15, -0.1) is 0 Å². The van der Waals surface area contributed by atoms with Crippen LogP contribution >= 0.6 is 7.60 Å². The van der Waals surface area contributed by atoms with Gasteiger partial charge < -0.3 is 9.47 Å². The molecule has 0 radical (unpaired) electrons. The van der Waals surface area contributed by atoms with Crippen LogP contribution in [0.2, 0.25) is 0 Å². The molecule has 0 aliphatic heterocycles. The number of hydrogen-bond donors (Lipinski definition) is 0. The van der Waals surface area contributed by atoms with Crippen molar-refractivity contribution in [2.24, 2.45) is 10.8 Å². The van der Waals surface area contributed by atoms with Crippen molar-refractivity contribution in [3.8, 4) is 0 Å². The average Bonchev–Trinajstić information content (AvgIpc) is 3.00. The molecule has 0 spiro atoms. The SMILES string of the molecule is CC(C)(C)C(=O)OCOP(=O)(OCOC(=O)C(C)(C)C)C(CCN(C=O)OCc1ccccc1)Cc1cccc2ccccc12. The highest BCUT2D eigenvalue weighted by Crippen LogP contribution is 2.56. The van der Waals surface area contributed by atoms with E-state index in [9.17, 15) is 18.9 Å². The van der Waals surface area contributed by atoms with Gasteiger partial charge in [0.25, 0.3) is 0 Å². The van der Waals surface area contributed by atoms with Crippen LogP contribution in [0.5, 0.6) is 0 Å². The fourth-order valence-electron chi connectivity index (χ4n) is 4.24. The Morgan fingerprint density at radius 2 is 1.36 bits per heavy atom. The van der Waals surface area contributed by atoms with Gasteiger partial charge in [0.15, 0.2) is 0 Å². The van der Waals surface area contributed by atoms with Crippen LogP contribution in [-0.2, 0) is 55.3 Å². The first-order valence-corrected chi connectivity index (χ1v) is 16.4. The number of carbonyl (C=O) groups excluding carboxylic acids is 3. The molecule has 0 aromatic heterocycles. The van der Waals surface area contributed by atoms with E-state index in [0.29, 0.717) is 6.41 Å². The number of esters is 2. The maximum absolute atomic E-state index is 14.6. The first kappa shape index (κ1) is 35.9. The number of hydrogen-bond acceptors (Lipinski definition) is 9. The van der Waals surface area contributed by atoms with Gasteiger partial charge in [-0.05, 0) is 76.3 Å². The molecule has 3 aromatic rings. The van der Waals surface area contributed by atoms with Crippen molar-refractivity contribution in [1.82, 2.24) is 5.06 Å². The molecular weight excluding hydrogens is 597 g/mol. The summed E-state index contributed by atoms with van der Waals surface area (Å²) < 4.78 is 36.7. The van der Waals surface area contributed by atoms with Crippen LogP contribution in [0.1, 0.15) is 59.1 Å². The average molecular weight is 642 g/mol. The van der Waals surface area contributed by atoms with Crippen LogP contribution in [0, 0.1) is 10.8 Å². The zero-order chi connectivity index (χ0) is 33.1. The molecule has 1 atom stereocenters. The third kappa shape index (κ3) is 11.1. The molecule has 1 amide bonds. The molecule has 0 fully saturated rings. The lowest BCUT2D eigenvalue weighted by atomic mass is 9.98. The summed E-state index contributed by atoms with van der Waals surface area (Å²) in [6, 6.07) is 23.0. The Morgan fingerprint density at radius 3 is 1.93 bits per heavy atom. The quantitative estimate of drug-likeness (QED) is 0.0533. The van der Waals surface area contributed by atoms with Gasteiger partial charge in [0.05, 0.1) is 16.5 Å². The number of fused-ring (bicyclic) bond motifs is 1. The van der Waals surface area contributed by atoms with Crippen molar-refractivity contribution < 1.29 is 42.3 Å². The Kier molecular flexibility index (Phi) is 12.9. The van der Waals surface area contributed by atoms with Crippen LogP contribution in [0.15, 0.2) is 72.8 Å². The van der Waals surface area contributed by atoms with Gasteiger partial charge in [-0.25, -0.2) is 5.06 Å². The number of ether oxygens (including phenoxy) is 2. The lowest BCUT2D eigenvalue weighted by Gasteiger charge is -2.29. The molecule has 0 aliphatic carbocycles. The summed E-state index contributed by atoms with van der Waals surface area (Å²) in [5, 5.41) is 3.07. The smallest absolute Gasteiger partial charge is 0.339 e. The summed E-state index contributed by atoms with van der Waals surface area (Å²) in [7, 11) is -4.19. The summed E-state index contributed by atoms with van der Waals surface area (Å²) in [4.78, 5) is 42.6. The molecule has 0 heterocycles. The summed E-state index contributed by atoms with van der Waals surface area (Å²) >= 11 is 0. The highest BCUT2D eigenvalue weighted by atomic mass is 31.2. The molecule has 1 unspecified atom stereocenters. The maximum atomic E-state index is 14.6. The summed E-state index contributed by atoms with van der Waals surface area (Å²) in [5.74, 6) is -1.11. The molecule has 11 heteroatoms. The topological polar surface area (TPSA) is 118 Å². The Balaban J connectivity index is 1.90. The van der Waals surface area contributed by atoms with Gasteiger partial charge in [0, 0.05) is 6.54 Å². The molecule has 45 heavy (non-hydrogen) atoms. The van der Waals surface area contributed by atoms with Crippen LogP contribution < -0.4 is 0 Å². The van der Waals surface area contributed by atoms with E-state index >= 15 is 0 Å². The third-order valence-electron chi connectivity index (χ3n) is 6.89. The van der Waals surface area contributed by atoms with E-state index < -0.39 is 49.6 Å².